The smallest absolute Gasteiger partial charge is 0.330 e. The number of nitro groups is 1. The van der Waals surface area contributed by atoms with Gasteiger partial charge in [0, 0.05) is 14.7 Å². The average Bonchev–Trinajstić information content (AvgIpc) is 3.10. The Morgan fingerprint density at radius 1 is 1.43 bits per heavy atom. The number of anilines is 2. The molecule has 0 aliphatic heterocycles. The summed E-state index contributed by atoms with van der Waals surface area (Å²) in [6, 6.07) is -0.129. The summed E-state index contributed by atoms with van der Waals surface area (Å²) in [6.07, 6.45) is 4.08. The lowest BCUT2D eigenvalue weighted by Gasteiger charge is -2.27. The van der Waals surface area contributed by atoms with Crippen LogP contribution in [0.2, 0.25) is 31.0 Å². The molecule has 0 aliphatic carbocycles. The summed E-state index contributed by atoms with van der Waals surface area (Å²) in [6.45, 7) is 9.16. The fraction of sp³-hybridized carbons (Fsp3) is 0.529. The Morgan fingerprint density at radius 3 is 2.70 bits per heavy atom. The first-order valence-electron chi connectivity index (χ1n) is 9.32. The molecule has 2 heterocycles. The number of aromatic nitrogens is 4. The number of halogens is 1. The first kappa shape index (κ1) is 23.7. The Bertz CT molecular complexity index is 903. The monoisotopic (exact) mass is 456 g/mol. The summed E-state index contributed by atoms with van der Waals surface area (Å²) in [4.78, 5) is 31.5. The second-order valence-corrected chi connectivity index (χ2v) is 13.8. The zero-order valence-corrected chi connectivity index (χ0v) is 19.0. The van der Waals surface area contributed by atoms with Crippen LogP contribution in [0.1, 0.15) is 13.3 Å². The molecular weight excluding hydrogens is 432 g/mol. The minimum absolute atomic E-state index is 0.159. The number of carbonyl (C=O) groups is 1. The number of nitrogens with zero attached hydrogens (tertiary/aromatic N) is 6. The van der Waals surface area contributed by atoms with Crippen LogP contribution >= 0.6 is 11.6 Å². The number of carboxylic acids is 1. The van der Waals surface area contributed by atoms with Crippen molar-refractivity contribution in [3.63, 3.8) is 0 Å². The standard InChI is InChI=1S/C17H25ClN6O5Si/c1-5-13(16(25)26)23(15-14(24(27)28)9-19-17(18)21-15)12-8-20-22(10-12)11-29-6-7-30(2,3)4/h8-10,13H,5-7,11H2,1-4H3,(H,25,26). The Hall–Kier alpha value is -2.57. The third-order valence-electron chi connectivity index (χ3n) is 4.25. The number of aliphatic carboxylic acids is 1. The van der Waals surface area contributed by atoms with Crippen LogP contribution in [0.3, 0.4) is 0 Å². The normalized spacial score (nSPS) is 12.6. The van der Waals surface area contributed by atoms with Crippen LogP contribution < -0.4 is 4.90 Å². The Morgan fingerprint density at radius 2 is 2.13 bits per heavy atom. The largest absolute Gasteiger partial charge is 0.480 e. The van der Waals surface area contributed by atoms with E-state index in [9.17, 15) is 20.0 Å². The van der Waals surface area contributed by atoms with Crippen LogP contribution in [0.15, 0.2) is 18.6 Å². The fourth-order valence-electron chi connectivity index (χ4n) is 2.65. The molecule has 0 spiro atoms. The third kappa shape index (κ3) is 6.21. The van der Waals surface area contributed by atoms with Crippen molar-refractivity contribution in [3.8, 4) is 0 Å². The molecule has 0 radical (unpaired) electrons. The van der Waals surface area contributed by atoms with Gasteiger partial charge in [0.25, 0.3) is 0 Å². The van der Waals surface area contributed by atoms with Gasteiger partial charge in [-0.15, -0.1) is 0 Å². The van der Waals surface area contributed by atoms with E-state index < -0.39 is 30.7 Å². The van der Waals surface area contributed by atoms with E-state index in [0.717, 1.165) is 12.2 Å². The molecule has 0 aliphatic rings. The summed E-state index contributed by atoms with van der Waals surface area (Å²) < 4.78 is 7.15. The van der Waals surface area contributed by atoms with Gasteiger partial charge >= 0.3 is 11.7 Å². The lowest BCUT2D eigenvalue weighted by Crippen LogP contribution is -2.38. The lowest BCUT2D eigenvalue weighted by molar-refractivity contribution is -0.384. The summed E-state index contributed by atoms with van der Waals surface area (Å²) in [5, 5.41) is 25.1. The highest BCUT2D eigenvalue weighted by atomic mass is 35.5. The topological polar surface area (TPSA) is 137 Å². The van der Waals surface area contributed by atoms with E-state index >= 15 is 0 Å². The first-order chi connectivity index (χ1) is 14.0. The van der Waals surface area contributed by atoms with Crippen molar-refractivity contribution >= 4 is 42.8 Å². The van der Waals surface area contributed by atoms with Crippen molar-refractivity contribution in [1.82, 2.24) is 19.7 Å². The van der Waals surface area contributed by atoms with Crippen molar-refractivity contribution < 1.29 is 19.6 Å². The van der Waals surface area contributed by atoms with Gasteiger partial charge in [-0.25, -0.2) is 14.5 Å². The second-order valence-electron chi connectivity index (χ2n) is 7.82. The molecule has 164 valence electrons. The molecule has 11 nitrogen and oxygen atoms in total. The predicted molar refractivity (Wildman–Crippen MR) is 114 cm³/mol. The van der Waals surface area contributed by atoms with E-state index in [0.29, 0.717) is 12.3 Å². The van der Waals surface area contributed by atoms with Crippen molar-refractivity contribution in [1.29, 1.82) is 0 Å². The third-order valence-corrected chi connectivity index (χ3v) is 6.13. The minimum atomic E-state index is -1.23. The van der Waals surface area contributed by atoms with Crippen molar-refractivity contribution in [3.05, 3.63) is 34.0 Å². The highest BCUT2D eigenvalue weighted by Crippen LogP contribution is 2.34. The molecule has 0 saturated heterocycles. The van der Waals surface area contributed by atoms with Crippen LogP contribution in [-0.2, 0) is 16.3 Å². The molecule has 1 unspecified atom stereocenters. The van der Waals surface area contributed by atoms with Gasteiger partial charge in [-0.05, 0) is 24.1 Å². The molecule has 1 N–H and O–H groups in total. The SMILES string of the molecule is CCC(C(=O)O)N(c1cnn(COCC[Si](C)(C)C)c1)c1nc(Cl)ncc1[N+](=O)[O-]. The maximum Gasteiger partial charge on any atom is 0.330 e. The number of carboxylic acid groups (broad SMARTS) is 1. The van der Waals surface area contributed by atoms with Crippen LogP contribution in [0.5, 0.6) is 0 Å². The Balaban J connectivity index is 2.37. The van der Waals surface area contributed by atoms with Crippen LogP contribution in [0.4, 0.5) is 17.2 Å². The van der Waals surface area contributed by atoms with Gasteiger partial charge in [0.2, 0.25) is 11.1 Å². The van der Waals surface area contributed by atoms with Crippen molar-refractivity contribution in [2.45, 2.75) is 51.8 Å². The van der Waals surface area contributed by atoms with Crippen LogP contribution in [0, 0.1) is 10.1 Å². The maximum absolute atomic E-state index is 11.9. The summed E-state index contributed by atoms with van der Waals surface area (Å²) >= 11 is 5.85. The van der Waals surface area contributed by atoms with Gasteiger partial charge in [0.05, 0.1) is 23.0 Å². The van der Waals surface area contributed by atoms with Crippen LogP contribution in [0.25, 0.3) is 0 Å². The highest BCUT2D eigenvalue weighted by molar-refractivity contribution is 6.76. The second kappa shape index (κ2) is 9.96. The van der Waals surface area contributed by atoms with Gasteiger partial charge in [-0.2, -0.15) is 10.1 Å². The quantitative estimate of drug-likeness (QED) is 0.177. The summed E-state index contributed by atoms with van der Waals surface area (Å²) in [5.74, 6) is -1.38. The molecule has 13 heteroatoms. The molecule has 0 bridgehead atoms. The molecule has 2 rings (SSSR count). The van der Waals surface area contributed by atoms with Gasteiger partial charge in [-0.3, -0.25) is 10.1 Å². The van der Waals surface area contributed by atoms with Crippen molar-refractivity contribution in [2.24, 2.45) is 0 Å². The maximum atomic E-state index is 11.9. The van der Waals surface area contributed by atoms with Gasteiger partial charge in [0.15, 0.2) is 0 Å². The van der Waals surface area contributed by atoms with Gasteiger partial charge < -0.3 is 14.7 Å². The molecule has 0 amide bonds. The highest BCUT2D eigenvalue weighted by Gasteiger charge is 2.33. The van der Waals surface area contributed by atoms with Crippen LogP contribution in [-0.4, -0.2) is 56.5 Å². The summed E-state index contributed by atoms with van der Waals surface area (Å²) in [5.41, 5.74) is -0.144. The average molecular weight is 457 g/mol. The van der Waals surface area contributed by atoms with E-state index in [1.165, 1.54) is 15.8 Å². The molecule has 30 heavy (non-hydrogen) atoms. The molecule has 2 aromatic heterocycles. The molecular formula is C17H25ClN6O5Si. The van der Waals surface area contributed by atoms with Crippen molar-refractivity contribution in [2.75, 3.05) is 11.5 Å². The number of ether oxygens (including phenoxy) is 1. The molecule has 0 aromatic carbocycles. The predicted octanol–water partition coefficient (Wildman–Crippen LogP) is 3.55. The molecule has 1 atom stereocenters. The van der Waals surface area contributed by atoms with E-state index in [1.54, 1.807) is 13.1 Å². The van der Waals surface area contributed by atoms with Gasteiger partial charge in [-0.1, -0.05) is 26.6 Å². The zero-order chi connectivity index (χ0) is 22.5. The molecule has 0 fully saturated rings. The zero-order valence-electron chi connectivity index (χ0n) is 17.3. The minimum Gasteiger partial charge on any atom is -0.480 e. The molecule has 2 aromatic rings. The Kier molecular flexibility index (Phi) is 7.87. The van der Waals surface area contributed by atoms with E-state index in [2.05, 4.69) is 34.7 Å². The number of hydrogen-bond acceptors (Lipinski definition) is 8. The molecule has 0 saturated carbocycles. The fourth-order valence-corrected chi connectivity index (χ4v) is 3.54. The van der Waals surface area contributed by atoms with E-state index in [1.807, 2.05) is 0 Å². The first-order valence-corrected chi connectivity index (χ1v) is 13.4. The Labute approximate surface area is 179 Å². The number of hydrogen-bond donors (Lipinski definition) is 1. The van der Waals surface area contributed by atoms with Gasteiger partial charge in [0.1, 0.15) is 19.0 Å². The van der Waals surface area contributed by atoms with E-state index in [4.69, 9.17) is 16.3 Å². The lowest BCUT2D eigenvalue weighted by atomic mass is 10.1. The van der Waals surface area contributed by atoms with E-state index in [-0.39, 0.29) is 24.3 Å². The number of rotatable bonds is 11. The summed E-state index contributed by atoms with van der Waals surface area (Å²) in [7, 11) is -1.23.